The zero-order chi connectivity index (χ0) is 22.0. The van der Waals surface area contributed by atoms with Crippen LogP contribution in [0.25, 0.3) is 10.9 Å². The van der Waals surface area contributed by atoms with Gasteiger partial charge in [0.05, 0.1) is 41.5 Å². The van der Waals surface area contributed by atoms with Crippen LogP contribution in [0.5, 0.6) is 0 Å². The number of hydrogen-bond acceptors (Lipinski definition) is 6. The van der Waals surface area contributed by atoms with Gasteiger partial charge in [-0.15, -0.1) is 0 Å². The van der Waals surface area contributed by atoms with Gasteiger partial charge in [0, 0.05) is 19.2 Å². The molecule has 1 aliphatic rings. The van der Waals surface area contributed by atoms with Gasteiger partial charge in [0.1, 0.15) is 5.82 Å². The van der Waals surface area contributed by atoms with E-state index in [9.17, 15) is 9.90 Å². The molecule has 4 N–H and O–H groups in total. The number of carbonyl (C=O) groups is 1. The average Bonchev–Trinajstić information content (AvgIpc) is 3.17. The Labute approximate surface area is 180 Å². The summed E-state index contributed by atoms with van der Waals surface area (Å²) in [5.74, 6) is 1.26. The van der Waals surface area contributed by atoms with E-state index in [4.69, 9.17) is 4.74 Å². The molecule has 1 aromatic carbocycles. The zero-order valence-electron chi connectivity index (χ0n) is 18.0. The van der Waals surface area contributed by atoms with Crippen molar-refractivity contribution in [3.63, 3.8) is 0 Å². The van der Waals surface area contributed by atoms with Crippen LogP contribution in [0.2, 0.25) is 0 Å². The van der Waals surface area contributed by atoms with Crippen LogP contribution < -0.4 is 15.5 Å². The number of amides is 2. The molecule has 9 nitrogen and oxygen atoms in total. The molecular formula is C22H28N6O3. The lowest BCUT2D eigenvalue weighted by molar-refractivity contribution is 0.0415. The van der Waals surface area contributed by atoms with E-state index < -0.39 is 17.7 Å². The molecule has 1 fully saturated rings. The number of hydrogen-bond donors (Lipinski definition) is 4. The Balaban J connectivity index is 1.53. The van der Waals surface area contributed by atoms with Crippen LogP contribution in [-0.4, -0.2) is 58.2 Å². The lowest BCUT2D eigenvalue weighted by atomic mass is 9.92. The van der Waals surface area contributed by atoms with Crippen molar-refractivity contribution in [1.29, 1.82) is 0 Å². The normalized spacial score (nSPS) is 15.7. The molecule has 0 saturated carbocycles. The molecule has 164 valence electrons. The molecule has 1 saturated heterocycles. The van der Waals surface area contributed by atoms with E-state index in [1.54, 1.807) is 19.9 Å². The number of nitrogens with zero attached hydrogens (tertiary/aromatic N) is 3. The number of pyridine rings is 1. The van der Waals surface area contributed by atoms with Crippen molar-refractivity contribution in [3.8, 4) is 0 Å². The van der Waals surface area contributed by atoms with E-state index in [0.717, 1.165) is 41.1 Å². The minimum atomic E-state index is -1.15. The Bertz CT molecular complexity index is 1050. The Morgan fingerprint density at radius 2 is 1.97 bits per heavy atom. The van der Waals surface area contributed by atoms with Crippen LogP contribution in [0.15, 0.2) is 36.4 Å². The number of aryl methyl sites for hydroxylation is 1. The first kappa shape index (κ1) is 21.1. The molecule has 31 heavy (non-hydrogen) atoms. The maximum absolute atomic E-state index is 12.7. The summed E-state index contributed by atoms with van der Waals surface area (Å²) >= 11 is 0. The van der Waals surface area contributed by atoms with Crippen LogP contribution in [0.4, 0.5) is 16.4 Å². The number of ether oxygens (including phenoxy) is 1. The predicted octanol–water partition coefficient (Wildman–Crippen LogP) is 2.74. The van der Waals surface area contributed by atoms with Crippen molar-refractivity contribution in [3.05, 3.63) is 47.7 Å². The average molecular weight is 425 g/mol. The Hall–Kier alpha value is -3.17. The molecular weight excluding hydrogens is 396 g/mol. The number of aromatic amines is 1. The first-order chi connectivity index (χ1) is 14.8. The highest BCUT2D eigenvalue weighted by Gasteiger charge is 2.30. The fourth-order valence-electron chi connectivity index (χ4n) is 3.88. The van der Waals surface area contributed by atoms with Gasteiger partial charge in [0.2, 0.25) is 0 Å². The van der Waals surface area contributed by atoms with E-state index in [1.807, 2.05) is 37.3 Å². The molecule has 3 aromatic rings. The largest absolute Gasteiger partial charge is 0.388 e. The highest BCUT2D eigenvalue weighted by atomic mass is 16.5. The second-order valence-electron chi connectivity index (χ2n) is 8.26. The van der Waals surface area contributed by atoms with Crippen molar-refractivity contribution in [2.45, 2.75) is 32.4 Å². The standard InChI is InChI=1S/C22H28N6O3/c1-14-18-16(26-27-20(18)28-9-11-31-12-10-28)13-17(23-14)24-21(29)25-19(22(2,3)30)15-7-5-4-6-8-15/h4-8,13,19,30H,9-12H2,1-3H3,(H,26,27)(H2,23,24,25,29)/t19-/m0/s1. The second-order valence-corrected chi connectivity index (χ2v) is 8.26. The molecule has 9 heteroatoms. The zero-order valence-corrected chi connectivity index (χ0v) is 18.0. The number of anilines is 2. The maximum Gasteiger partial charge on any atom is 0.320 e. The van der Waals surface area contributed by atoms with Crippen molar-refractivity contribution >= 4 is 28.6 Å². The number of carbonyl (C=O) groups excluding carboxylic acids is 1. The minimum Gasteiger partial charge on any atom is -0.388 e. The Morgan fingerprint density at radius 1 is 1.26 bits per heavy atom. The van der Waals surface area contributed by atoms with Crippen molar-refractivity contribution in [1.82, 2.24) is 20.5 Å². The van der Waals surface area contributed by atoms with Gasteiger partial charge in [-0.1, -0.05) is 30.3 Å². The summed E-state index contributed by atoms with van der Waals surface area (Å²) in [4.78, 5) is 19.5. The molecule has 2 amide bonds. The Morgan fingerprint density at radius 3 is 2.65 bits per heavy atom. The maximum atomic E-state index is 12.7. The highest BCUT2D eigenvalue weighted by Crippen LogP contribution is 2.29. The predicted molar refractivity (Wildman–Crippen MR) is 119 cm³/mol. The topological polar surface area (TPSA) is 115 Å². The molecule has 2 aromatic heterocycles. The van der Waals surface area contributed by atoms with Crippen LogP contribution in [-0.2, 0) is 4.74 Å². The van der Waals surface area contributed by atoms with Crippen molar-refractivity contribution in [2.24, 2.45) is 0 Å². The number of fused-ring (bicyclic) bond motifs is 1. The third-order valence-corrected chi connectivity index (χ3v) is 5.37. The van der Waals surface area contributed by atoms with Gasteiger partial charge in [-0.3, -0.25) is 10.4 Å². The molecule has 1 atom stereocenters. The van der Waals surface area contributed by atoms with Gasteiger partial charge < -0.3 is 20.1 Å². The quantitative estimate of drug-likeness (QED) is 0.501. The Kier molecular flexibility index (Phi) is 5.79. The number of morpholine rings is 1. The van der Waals surface area contributed by atoms with Gasteiger partial charge in [0.15, 0.2) is 5.82 Å². The first-order valence-corrected chi connectivity index (χ1v) is 10.4. The number of benzene rings is 1. The number of H-pyrrole nitrogens is 1. The van der Waals surface area contributed by atoms with E-state index >= 15 is 0 Å². The molecule has 3 heterocycles. The summed E-state index contributed by atoms with van der Waals surface area (Å²) in [7, 11) is 0. The number of rotatable bonds is 5. The molecule has 0 spiro atoms. The van der Waals surface area contributed by atoms with E-state index in [2.05, 4.69) is 30.7 Å². The van der Waals surface area contributed by atoms with Gasteiger partial charge >= 0.3 is 6.03 Å². The number of aromatic nitrogens is 3. The summed E-state index contributed by atoms with van der Waals surface area (Å²) in [5.41, 5.74) is 1.23. The van der Waals surface area contributed by atoms with Gasteiger partial charge in [-0.2, -0.15) is 5.10 Å². The van der Waals surface area contributed by atoms with Gasteiger partial charge in [-0.05, 0) is 26.3 Å². The third kappa shape index (κ3) is 4.62. The summed E-state index contributed by atoms with van der Waals surface area (Å²) in [6.45, 7) is 8.12. The minimum absolute atomic E-state index is 0.405. The van der Waals surface area contributed by atoms with Crippen LogP contribution >= 0.6 is 0 Å². The van der Waals surface area contributed by atoms with Gasteiger partial charge in [-0.25, -0.2) is 9.78 Å². The van der Waals surface area contributed by atoms with Crippen molar-refractivity contribution in [2.75, 3.05) is 36.5 Å². The lowest BCUT2D eigenvalue weighted by Crippen LogP contribution is -2.43. The highest BCUT2D eigenvalue weighted by molar-refractivity contribution is 5.96. The molecule has 0 aliphatic carbocycles. The molecule has 0 radical (unpaired) electrons. The lowest BCUT2D eigenvalue weighted by Gasteiger charge is -2.30. The fraction of sp³-hybridized carbons (Fsp3) is 0.409. The summed E-state index contributed by atoms with van der Waals surface area (Å²) in [6.07, 6.45) is 0. The number of aliphatic hydroxyl groups is 1. The van der Waals surface area contributed by atoms with Crippen LogP contribution in [0.1, 0.15) is 31.1 Å². The third-order valence-electron chi connectivity index (χ3n) is 5.37. The summed E-state index contributed by atoms with van der Waals surface area (Å²) in [5, 5.41) is 24.7. The number of nitrogens with one attached hydrogen (secondary N) is 3. The van der Waals surface area contributed by atoms with Crippen LogP contribution in [0, 0.1) is 6.92 Å². The van der Waals surface area contributed by atoms with Crippen LogP contribution in [0.3, 0.4) is 0 Å². The van der Waals surface area contributed by atoms with Gasteiger partial charge in [0.25, 0.3) is 0 Å². The summed E-state index contributed by atoms with van der Waals surface area (Å²) in [6, 6.07) is 10.1. The van der Waals surface area contributed by atoms with Crippen molar-refractivity contribution < 1.29 is 14.6 Å². The van der Waals surface area contributed by atoms with E-state index in [-0.39, 0.29) is 0 Å². The second kappa shape index (κ2) is 8.52. The first-order valence-electron chi connectivity index (χ1n) is 10.4. The fourth-order valence-corrected chi connectivity index (χ4v) is 3.88. The molecule has 4 rings (SSSR count). The van der Waals surface area contributed by atoms with E-state index in [1.165, 1.54) is 0 Å². The summed E-state index contributed by atoms with van der Waals surface area (Å²) < 4.78 is 5.42. The smallest absolute Gasteiger partial charge is 0.320 e. The molecule has 0 bridgehead atoms. The monoisotopic (exact) mass is 424 g/mol. The number of urea groups is 1. The van der Waals surface area contributed by atoms with E-state index in [0.29, 0.717) is 19.0 Å². The molecule has 1 aliphatic heterocycles. The SMILES string of the molecule is Cc1nc(NC(=O)N[C@@H](c2ccccc2)C(C)(C)O)cc2[nH]nc(N3CCOCC3)c12. The molecule has 0 unspecified atom stereocenters.